The van der Waals surface area contributed by atoms with Crippen molar-refractivity contribution in [2.75, 3.05) is 43.5 Å². The highest BCUT2D eigenvalue weighted by Crippen LogP contribution is 2.29. The Balaban J connectivity index is 1.33. The molecule has 0 aliphatic carbocycles. The average Bonchev–Trinajstić information content (AvgIpc) is 3.43. The quantitative estimate of drug-likeness (QED) is 0.721. The summed E-state index contributed by atoms with van der Waals surface area (Å²) in [5.41, 5.74) is 2.00. The van der Waals surface area contributed by atoms with Gasteiger partial charge < -0.3 is 19.5 Å². The van der Waals surface area contributed by atoms with Crippen LogP contribution >= 0.6 is 0 Å². The Morgan fingerprint density at radius 3 is 2.58 bits per heavy atom. The van der Waals surface area contributed by atoms with Gasteiger partial charge in [-0.05, 0) is 43.5 Å². The number of likely N-dealkylation sites (tertiary alicyclic amines) is 1. The van der Waals surface area contributed by atoms with Gasteiger partial charge in [-0.15, -0.1) is 0 Å². The third kappa shape index (κ3) is 4.64. The van der Waals surface area contributed by atoms with E-state index in [1.54, 1.807) is 11.0 Å². The molecule has 2 aliphatic heterocycles. The number of amides is 2. The summed E-state index contributed by atoms with van der Waals surface area (Å²) in [6.45, 7) is 2.52. The molecule has 2 fully saturated rings. The van der Waals surface area contributed by atoms with Crippen LogP contribution in [-0.4, -0.2) is 60.5 Å². The van der Waals surface area contributed by atoms with Crippen LogP contribution in [0.1, 0.15) is 42.2 Å². The van der Waals surface area contributed by atoms with E-state index in [9.17, 15) is 14.4 Å². The van der Waals surface area contributed by atoms with E-state index >= 15 is 0 Å². The lowest BCUT2D eigenvalue weighted by atomic mass is 10.0. The van der Waals surface area contributed by atoms with Gasteiger partial charge in [0, 0.05) is 38.3 Å². The zero-order valence-electron chi connectivity index (χ0n) is 17.8. The van der Waals surface area contributed by atoms with E-state index in [4.69, 9.17) is 4.74 Å². The largest absolute Gasteiger partial charge is 0.464 e. The third-order valence-corrected chi connectivity index (χ3v) is 6.03. The minimum atomic E-state index is -0.332. The number of esters is 1. The Bertz CT molecular complexity index is 962. The molecule has 2 amide bonds. The first-order chi connectivity index (χ1) is 15.1. The lowest BCUT2D eigenvalue weighted by Crippen LogP contribution is -2.40. The number of hydrogen-bond donors (Lipinski definition) is 1. The highest BCUT2D eigenvalue weighted by Gasteiger charge is 2.26. The van der Waals surface area contributed by atoms with Crippen molar-refractivity contribution < 1.29 is 19.1 Å². The Hall–Kier alpha value is -3.13. The van der Waals surface area contributed by atoms with E-state index in [0.717, 1.165) is 38.0 Å². The summed E-state index contributed by atoms with van der Waals surface area (Å²) in [7, 11) is 1.39. The van der Waals surface area contributed by atoms with Gasteiger partial charge in [0.1, 0.15) is 5.69 Å². The number of carbonyl (C=O) groups is 3. The molecule has 164 valence electrons. The van der Waals surface area contributed by atoms with Crippen molar-refractivity contribution in [2.24, 2.45) is 0 Å². The molecule has 3 heterocycles. The van der Waals surface area contributed by atoms with Crippen LogP contribution in [0, 0.1) is 0 Å². The van der Waals surface area contributed by atoms with Gasteiger partial charge >= 0.3 is 5.97 Å². The molecule has 1 aromatic heterocycles. The smallest absolute Gasteiger partial charge is 0.354 e. The SMILES string of the molecule is COC(=O)c1cccn1C1CCN(CC(=O)Nc2ccccc2N2CCCC2=O)CC1. The van der Waals surface area contributed by atoms with Crippen LogP contribution < -0.4 is 10.2 Å². The number of anilines is 2. The summed E-state index contributed by atoms with van der Waals surface area (Å²) in [5.74, 6) is -0.323. The molecule has 0 spiro atoms. The third-order valence-electron chi connectivity index (χ3n) is 6.03. The first kappa shape index (κ1) is 21.1. The van der Waals surface area contributed by atoms with Crippen molar-refractivity contribution in [3.8, 4) is 0 Å². The molecule has 2 aliphatic rings. The van der Waals surface area contributed by atoms with Gasteiger partial charge in [0.25, 0.3) is 0 Å². The molecule has 8 heteroatoms. The molecule has 2 saturated heterocycles. The van der Waals surface area contributed by atoms with Crippen LogP contribution in [-0.2, 0) is 14.3 Å². The predicted octanol–water partition coefficient (Wildman–Crippen LogP) is 2.68. The van der Waals surface area contributed by atoms with Crippen molar-refractivity contribution in [3.63, 3.8) is 0 Å². The first-order valence-corrected chi connectivity index (χ1v) is 10.7. The lowest BCUT2D eigenvalue weighted by molar-refractivity contribution is -0.118. The molecule has 0 atom stereocenters. The molecule has 0 saturated carbocycles. The zero-order chi connectivity index (χ0) is 21.8. The molecule has 31 heavy (non-hydrogen) atoms. The average molecular weight is 425 g/mol. The Kier molecular flexibility index (Phi) is 6.36. The summed E-state index contributed by atoms with van der Waals surface area (Å²) >= 11 is 0. The molecule has 1 aromatic carbocycles. The number of piperidine rings is 1. The van der Waals surface area contributed by atoms with Crippen LogP contribution in [0.3, 0.4) is 0 Å². The summed E-state index contributed by atoms with van der Waals surface area (Å²) in [5, 5.41) is 2.98. The van der Waals surface area contributed by atoms with E-state index in [1.165, 1.54) is 7.11 Å². The van der Waals surface area contributed by atoms with Crippen molar-refractivity contribution in [2.45, 2.75) is 31.7 Å². The van der Waals surface area contributed by atoms with Crippen LogP contribution in [0.2, 0.25) is 0 Å². The minimum absolute atomic E-state index is 0.0891. The highest BCUT2D eigenvalue weighted by atomic mass is 16.5. The number of para-hydroxylation sites is 2. The molecule has 1 N–H and O–H groups in total. The van der Waals surface area contributed by atoms with Gasteiger partial charge in [0.05, 0.1) is 25.0 Å². The summed E-state index contributed by atoms with van der Waals surface area (Å²) in [6.07, 6.45) is 5.01. The maximum atomic E-state index is 12.7. The molecular formula is C23H28N4O4. The topological polar surface area (TPSA) is 83.9 Å². The second-order valence-corrected chi connectivity index (χ2v) is 8.01. The van der Waals surface area contributed by atoms with E-state index in [1.807, 2.05) is 41.1 Å². The molecule has 0 radical (unpaired) electrons. The highest BCUT2D eigenvalue weighted by molar-refractivity contribution is 6.02. The summed E-state index contributed by atoms with van der Waals surface area (Å²) in [6, 6.07) is 11.3. The number of ether oxygens (including phenoxy) is 1. The fraction of sp³-hybridized carbons (Fsp3) is 0.435. The number of benzene rings is 1. The van der Waals surface area contributed by atoms with Crippen LogP contribution in [0.25, 0.3) is 0 Å². The standard InChI is InChI=1S/C23H28N4O4/c1-31-23(30)20-8-4-12-26(20)17-10-14-25(15-11-17)16-21(28)24-18-6-2-3-7-19(18)27-13-5-9-22(27)29/h2-4,6-8,12,17H,5,9-11,13-16H2,1H3,(H,24,28). The zero-order valence-corrected chi connectivity index (χ0v) is 17.8. The number of carbonyl (C=O) groups excluding carboxylic acids is 3. The van der Waals surface area contributed by atoms with Gasteiger partial charge in [-0.25, -0.2) is 4.79 Å². The van der Waals surface area contributed by atoms with Crippen LogP contribution in [0.5, 0.6) is 0 Å². The predicted molar refractivity (Wildman–Crippen MR) is 117 cm³/mol. The first-order valence-electron chi connectivity index (χ1n) is 10.7. The maximum Gasteiger partial charge on any atom is 0.354 e. The summed E-state index contributed by atoms with van der Waals surface area (Å²) < 4.78 is 6.84. The minimum Gasteiger partial charge on any atom is -0.464 e. The molecule has 2 aromatic rings. The summed E-state index contributed by atoms with van der Waals surface area (Å²) in [4.78, 5) is 40.6. The van der Waals surface area contributed by atoms with E-state index in [-0.39, 0.29) is 23.8 Å². The Labute approximate surface area is 181 Å². The van der Waals surface area contributed by atoms with Gasteiger partial charge in [-0.2, -0.15) is 0 Å². The van der Waals surface area contributed by atoms with Crippen LogP contribution in [0.15, 0.2) is 42.6 Å². The lowest BCUT2D eigenvalue weighted by Gasteiger charge is -2.33. The molecule has 0 unspecified atom stereocenters. The monoisotopic (exact) mass is 424 g/mol. The number of aromatic nitrogens is 1. The molecular weight excluding hydrogens is 396 g/mol. The van der Waals surface area contributed by atoms with Gasteiger partial charge in [-0.3, -0.25) is 14.5 Å². The Morgan fingerprint density at radius 1 is 1.10 bits per heavy atom. The van der Waals surface area contributed by atoms with Crippen molar-refractivity contribution >= 4 is 29.2 Å². The van der Waals surface area contributed by atoms with Gasteiger partial charge in [0.2, 0.25) is 11.8 Å². The van der Waals surface area contributed by atoms with Crippen molar-refractivity contribution in [1.82, 2.24) is 9.47 Å². The number of hydrogen-bond acceptors (Lipinski definition) is 5. The molecule has 0 bridgehead atoms. The fourth-order valence-electron chi connectivity index (χ4n) is 4.46. The normalized spacial score (nSPS) is 17.7. The number of nitrogens with one attached hydrogen (secondary N) is 1. The van der Waals surface area contributed by atoms with Crippen molar-refractivity contribution in [1.29, 1.82) is 0 Å². The number of rotatable bonds is 6. The second-order valence-electron chi connectivity index (χ2n) is 8.01. The van der Waals surface area contributed by atoms with Gasteiger partial charge in [-0.1, -0.05) is 12.1 Å². The molecule has 8 nitrogen and oxygen atoms in total. The van der Waals surface area contributed by atoms with E-state index in [0.29, 0.717) is 30.9 Å². The molecule has 4 rings (SSSR count). The maximum absolute atomic E-state index is 12.7. The van der Waals surface area contributed by atoms with E-state index in [2.05, 4.69) is 10.2 Å². The number of nitrogens with zero attached hydrogens (tertiary/aromatic N) is 3. The Morgan fingerprint density at radius 2 is 1.87 bits per heavy atom. The second kappa shape index (κ2) is 9.34. The fourth-order valence-corrected chi connectivity index (χ4v) is 4.46. The van der Waals surface area contributed by atoms with Crippen LogP contribution in [0.4, 0.5) is 11.4 Å². The van der Waals surface area contributed by atoms with Crippen molar-refractivity contribution in [3.05, 3.63) is 48.3 Å². The van der Waals surface area contributed by atoms with E-state index < -0.39 is 0 Å². The van der Waals surface area contributed by atoms with Gasteiger partial charge in [0.15, 0.2) is 0 Å². The number of methoxy groups -OCH3 is 1.